The highest BCUT2D eigenvalue weighted by Gasteiger charge is 2.17. The van der Waals surface area contributed by atoms with E-state index in [0.29, 0.717) is 6.04 Å². The van der Waals surface area contributed by atoms with Crippen LogP contribution in [0.1, 0.15) is 55.5 Å². The molecule has 1 aromatic heterocycles. The molecular formula is C20H28N2O2. The Kier molecular flexibility index (Phi) is 5.71. The highest BCUT2D eigenvalue weighted by atomic mass is 16.5. The predicted octanol–water partition coefficient (Wildman–Crippen LogP) is 4.77. The molecule has 24 heavy (non-hydrogen) atoms. The summed E-state index contributed by atoms with van der Waals surface area (Å²) in [5, 5.41) is 3.22. The van der Waals surface area contributed by atoms with E-state index in [0.717, 1.165) is 28.4 Å². The maximum atomic E-state index is 12.6. The van der Waals surface area contributed by atoms with E-state index in [1.54, 1.807) is 0 Å². The fourth-order valence-corrected chi connectivity index (χ4v) is 3.09. The lowest BCUT2D eigenvalue weighted by Gasteiger charge is -2.15. The van der Waals surface area contributed by atoms with Crippen LogP contribution < -0.4 is 10.1 Å². The monoisotopic (exact) mass is 328 g/mol. The fraction of sp³-hybridized carbons (Fsp3) is 0.450. The van der Waals surface area contributed by atoms with Crippen LogP contribution in [0.5, 0.6) is 5.75 Å². The molecule has 0 amide bonds. The molecule has 0 spiro atoms. The van der Waals surface area contributed by atoms with E-state index in [4.69, 9.17) is 4.74 Å². The van der Waals surface area contributed by atoms with Gasteiger partial charge in [-0.1, -0.05) is 12.1 Å². The number of rotatable bonds is 7. The van der Waals surface area contributed by atoms with Crippen molar-refractivity contribution >= 4 is 11.5 Å². The highest BCUT2D eigenvalue weighted by Crippen LogP contribution is 2.25. The lowest BCUT2D eigenvalue weighted by Crippen LogP contribution is -2.16. The van der Waals surface area contributed by atoms with Gasteiger partial charge in [0, 0.05) is 23.0 Å². The summed E-state index contributed by atoms with van der Waals surface area (Å²) < 4.78 is 7.98. The molecule has 0 unspecified atom stereocenters. The molecule has 0 bridgehead atoms. The van der Waals surface area contributed by atoms with Crippen LogP contribution in [0.25, 0.3) is 0 Å². The van der Waals surface area contributed by atoms with Crippen molar-refractivity contribution in [1.82, 2.24) is 4.57 Å². The van der Waals surface area contributed by atoms with Crippen LogP contribution in [-0.4, -0.2) is 23.0 Å². The molecule has 2 aromatic rings. The van der Waals surface area contributed by atoms with Gasteiger partial charge in [-0.3, -0.25) is 4.79 Å². The van der Waals surface area contributed by atoms with Crippen LogP contribution in [0, 0.1) is 13.8 Å². The van der Waals surface area contributed by atoms with Crippen LogP contribution in [0.4, 0.5) is 5.69 Å². The summed E-state index contributed by atoms with van der Waals surface area (Å²) in [6.45, 7) is 12.5. The average molecular weight is 328 g/mol. The maximum absolute atomic E-state index is 12.6. The first-order valence-corrected chi connectivity index (χ1v) is 8.52. The first kappa shape index (κ1) is 18.1. The number of carbonyl (C=O) groups excluding carboxylic acids is 1. The van der Waals surface area contributed by atoms with E-state index in [1.165, 1.54) is 0 Å². The zero-order valence-corrected chi connectivity index (χ0v) is 15.5. The Hall–Kier alpha value is -2.23. The predicted molar refractivity (Wildman–Crippen MR) is 99.3 cm³/mol. The zero-order valence-electron chi connectivity index (χ0n) is 15.5. The number of aryl methyl sites for hydroxylation is 1. The number of ketones is 1. The van der Waals surface area contributed by atoms with Crippen LogP contribution in [0.2, 0.25) is 0 Å². The molecule has 130 valence electrons. The number of Topliss-reactive ketones (excluding diaryl/α,β-unsaturated/α-hetero) is 1. The molecule has 1 aromatic carbocycles. The number of para-hydroxylation sites is 2. The van der Waals surface area contributed by atoms with Crippen LogP contribution >= 0.6 is 0 Å². The van der Waals surface area contributed by atoms with Crippen molar-refractivity contribution in [2.45, 2.75) is 53.7 Å². The minimum Gasteiger partial charge on any atom is -0.489 e. The van der Waals surface area contributed by atoms with Gasteiger partial charge in [0.1, 0.15) is 5.75 Å². The van der Waals surface area contributed by atoms with Gasteiger partial charge in [0.05, 0.1) is 18.3 Å². The molecule has 2 rings (SSSR count). The number of ether oxygens (including phenoxy) is 1. The van der Waals surface area contributed by atoms with E-state index < -0.39 is 0 Å². The second-order valence-electron chi connectivity index (χ2n) is 6.69. The summed E-state index contributed by atoms with van der Waals surface area (Å²) in [5.41, 5.74) is 3.78. The van der Waals surface area contributed by atoms with Gasteiger partial charge >= 0.3 is 0 Å². The largest absolute Gasteiger partial charge is 0.489 e. The number of benzene rings is 1. The van der Waals surface area contributed by atoms with Gasteiger partial charge in [-0.25, -0.2) is 0 Å². The van der Waals surface area contributed by atoms with E-state index in [9.17, 15) is 4.79 Å². The number of anilines is 1. The number of aromatic nitrogens is 1. The smallest absolute Gasteiger partial charge is 0.183 e. The van der Waals surface area contributed by atoms with E-state index in [-0.39, 0.29) is 18.4 Å². The van der Waals surface area contributed by atoms with Gasteiger partial charge in [-0.15, -0.1) is 0 Å². The van der Waals surface area contributed by atoms with Crippen molar-refractivity contribution in [3.05, 3.63) is 47.3 Å². The molecule has 1 N–H and O–H groups in total. The molecule has 0 saturated carbocycles. The molecule has 0 aliphatic carbocycles. The number of hydrogen-bond acceptors (Lipinski definition) is 3. The van der Waals surface area contributed by atoms with Crippen molar-refractivity contribution < 1.29 is 9.53 Å². The van der Waals surface area contributed by atoms with Gasteiger partial charge in [0.15, 0.2) is 5.78 Å². The Morgan fingerprint density at radius 2 is 1.83 bits per heavy atom. The molecule has 4 nitrogen and oxygen atoms in total. The summed E-state index contributed by atoms with van der Waals surface area (Å²) in [4.78, 5) is 12.6. The number of nitrogens with zero attached hydrogens (tertiary/aromatic N) is 1. The second kappa shape index (κ2) is 7.56. The lowest BCUT2D eigenvalue weighted by molar-refractivity contribution is 0.101. The third kappa shape index (κ3) is 3.99. The van der Waals surface area contributed by atoms with Gasteiger partial charge < -0.3 is 14.6 Å². The summed E-state index contributed by atoms with van der Waals surface area (Å²) in [7, 11) is 0. The number of nitrogens with one attached hydrogen (secondary N) is 1. The second-order valence-corrected chi connectivity index (χ2v) is 6.69. The lowest BCUT2D eigenvalue weighted by atomic mass is 10.1. The summed E-state index contributed by atoms with van der Waals surface area (Å²) in [5.74, 6) is 0.863. The quantitative estimate of drug-likeness (QED) is 0.745. The summed E-state index contributed by atoms with van der Waals surface area (Å²) in [6, 6.07) is 10.0. The average Bonchev–Trinajstić information content (AvgIpc) is 2.80. The SMILES string of the molecule is Cc1cc(C(=O)CNc2ccccc2OC(C)C)c(C)n1C(C)C. The first-order chi connectivity index (χ1) is 11.3. The molecular weight excluding hydrogens is 300 g/mol. The first-order valence-electron chi connectivity index (χ1n) is 8.52. The molecule has 0 radical (unpaired) electrons. The Morgan fingerprint density at radius 3 is 2.42 bits per heavy atom. The topological polar surface area (TPSA) is 43.3 Å². The highest BCUT2D eigenvalue weighted by molar-refractivity contribution is 6.00. The third-order valence-electron chi connectivity index (χ3n) is 3.99. The Bertz CT molecular complexity index is 714. The van der Waals surface area contributed by atoms with Crippen molar-refractivity contribution in [3.8, 4) is 5.75 Å². The zero-order chi connectivity index (χ0) is 17.9. The van der Waals surface area contributed by atoms with Gasteiger partial charge in [-0.2, -0.15) is 0 Å². The number of carbonyl (C=O) groups is 1. The molecule has 4 heteroatoms. The minimum absolute atomic E-state index is 0.0913. The van der Waals surface area contributed by atoms with E-state index in [2.05, 4.69) is 23.7 Å². The molecule has 0 fully saturated rings. The molecule has 0 atom stereocenters. The number of hydrogen-bond donors (Lipinski definition) is 1. The Labute approximate surface area is 144 Å². The Balaban J connectivity index is 2.14. The van der Waals surface area contributed by atoms with E-state index >= 15 is 0 Å². The van der Waals surface area contributed by atoms with Crippen molar-refractivity contribution in [1.29, 1.82) is 0 Å². The molecule has 0 saturated heterocycles. The van der Waals surface area contributed by atoms with Crippen LogP contribution in [0.3, 0.4) is 0 Å². The summed E-state index contributed by atoms with van der Waals surface area (Å²) in [6.07, 6.45) is 0.0913. The van der Waals surface area contributed by atoms with Crippen molar-refractivity contribution in [3.63, 3.8) is 0 Å². The molecule has 1 heterocycles. The fourth-order valence-electron chi connectivity index (χ4n) is 3.09. The van der Waals surface area contributed by atoms with Gasteiger partial charge in [-0.05, 0) is 59.7 Å². The van der Waals surface area contributed by atoms with Crippen molar-refractivity contribution in [2.24, 2.45) is 0 Å². The van der Waals surface area contributed by atoms with Crippen LogP contribution in [0.15, 0.2) is 30.3 Å². The van der Waals surface area contributed by atoms with Gasteiger partial charge in [0.25, 0.3) is 0 Å². The molecule has 0 aliphatic rings. The van der Waals surface area contributed by atoms with E-state index in [1.807, 2.05) is 58.0 Å². The molecule has 0 aliphatic heterocycles. The maximum Gasteiger partial charge on any atom is 0.183 e. The third-order valence-corrected chi connectivity index (χ3v) is 3.99. The minimum atomic E-state index is 0.0913. The van der Waals surface area contributed by atoms with Crippen molar-refractivity contribution in [2.75, 3.05) is 11.9 Å². The summed E-state index contributed by atoms with van der Waals surface area (Å²) >= 11 is 0. The van der Waals surface area contributed by atoms with Crippen LogP contribution in [-0.2, 0) is 0 Å². The van der Waals surface area contributed by atoms with Gasteiger partial charge in [0.2, 0.25) is 0 Å². The Morgan fingerprint density at radius 1 is 1.17 bits per heavy atom. The normalized spacial score (nSPS) is 11.2. The standard InChI is InChI=1S/C20H28N2O2/c1-13(2)22-15(5)11-17(16(22)6)19(23)12-21-18-9-7-8-10-20(18)24-14(3)4/h7-11,13-14,21H,12H2,1-6H3.